The summed E-state index contributed by atoms with van der Waals surface area (Å²) >= 11 is 0. The fourth-order valence-corrected chi connectivity index (χ4v) is 5.58. The lowest BCUT2D eigenvalue weighted by molar-refractivity contribution is 0.557. The number of hydrogen-bond acceptors (Lipinski definition) is 4. The van der Waals surface area contributed by atoms with Crippen molar-refractivity contribution in [1.82, 2.24) is 4.57 Å². The molecular formula is C24H27FN2O3S. The van der Waals surface area contributed by atoms with Gasteiger partial charge in [-0.2, -0.15) is 0 Å². The van der Waals surface area contributed by atoms with E-state index in [0.717, 1.165) is 44.3 Å². The van der Waals surface area contributed by atoms with Gasteiger partial charge in [0.05, 0.1) is 21.5 Å². The quantitative estimate of drug-likeness (QED) is 0.576. The summed E-state index contributed by atoms with van der Waals surface area (Å²) in [6.07, 6.45) is 5.31. The molecule has 0 saturated carbocycles. The van der Waals surface area contributed by atoms with Crippen molar-refractivity contribution >= 4 is 26.4 Å². The number of nitrogens with zero attached hydrogens (tertiary/aromatic N) is 2. The number of fused-ring (bicyclic) bond motifs is 1. The molecule has 7 heteroatoms. The number of aromatic nitrogens is 1. The highest BCUT2D eigenvalue weighted by atomic mass is 32.2. The lowest BCUT2D eigenvalue weighted by Gasteiger charge is -2.29. The van der Waals surface area contributed by atoms with Gasteiger partial charge in [0, 0.05) is 25.8 Å². The van der Waals surface area contributed by atoms with E-state index in [1.165, 1.54) is 24.4 Å². The predicted molar refractivity (Wildman–Crippen MR) is 121 cm³/mol. The molecule has 0 spiro atoms. The van der Waals surface area contributed by atoms with Gasteiger partial charge < -0.3 is 9.47 Å². The van der Waals surface area contributed by atoms with E-state index in [1.54, 1.807) is 22.8 Å². The zero-order valence-electron chi connectivity index (χ0n) is 17.9. The van der Waals surface area contributed by atoms with E-state index in [-0.39, 0.29) is 15.2 Å². The van der Waals surface area contributed by atoms with E-state index in [4.69, 9.17) is 0 Å². The van der Waals surface area contributed by atoms with Gasteiger partial charge in [0.1, 0.15) is 10.7 Å². The number of piperidine rings is 1. The minimum absolute atomic E-state index is 0.0583. The van der Waals surface area contributed by atoms with Gasteiger partial charge >= 0.3 is 0 Å². The minimum atomic E-state index is -4.03. The molecule has 4 rings (SSSR count). The Morgan fingerprint density at radius 2 is 1.71 bits per heavy atom. The molecule has 0 unspecified atom stereocenters. The van der Waals surface area contributed by atoms with Crippen LogP contribution in [-0.2, 0) is 16.4 Å². The molecule has 1 aromatic heterocycles. The molecule has 3 aromatic rings. The molecule has 2 heterocycles. The zero-order chi connectivity index (χ0) is 22.2. The van der Waals surface area contributed by atoms with Crippen LogP contribution in [0.5, 0.6) is 0 Å². The first-order chi connectivity index (χ1) is 14.8. The van der Waals surface area contributed by atoms with Crippen molar-refractivity contribution in [2.75, 3.05) is 18.0 Å². The Hall–Kier alpha value is -2.67. The molecule has 0 atom stereocenters. The van der Waals surface area contributed by atoms with Crippen LogP contribution in [0.4, 0.5) is 10.1 Å². The number of benzene rings is 2. The highest BCUT2D eigenvalue weighted by molar-refractivity contribution is 7.91. The van der Waals surface area contributed by atoms with Gasteiger partial charge in [0.2, 0.25) is 15.3 Å². The molecule has 0 radical (unpaired) electrons. The molecule has 2 aromatic carbocycles. The number of aryl methyl sites for hydroxylation is 2. The molecule has 0 N–H and O–H groups in total. The van der Waals surface area contributed by atoms with Crippen molar-refractivity contribution < 1.29 is 12.8 Å². The Morgan fingerprint density at radius 1 is 1.03 bits per heavy atom. The second-order valence-electron chi connectivity index (χ2n) is 8.20. The summed E-state index contributed by atoms with van der Waals surface area (Å²) < 4.78 is 43.3. The minimum Gasteiger partial charge on any atom is -0.369 e. The second-order valence-corrected chi connectivity index (χ2v) is 10.1. The predicted octanol–water partition coefficient (Wildman–Crippen LogP) is 4.68. The summed E-state index contributed by atoms with van der Waals surface area (Å²) in [4.78, 5) is 15.0. The molecule has 1 aliphatic heterocycles. The van der Waals surface area contributed by atoms with Crippen molar-refractivity contribution in [3.8, 4) is 0 Å². The first-order valence-corrected chi connectivity index (χ1v) is 12.2. The normalized spacial score (nSPS) is 14.9. The maximum Gasteiger partial charge on any atom is 0.211 e. The van der Waals surface area contributed by atoms with Gasteiger partial charge in [-0.05, 0) is 56.9 Å². The van der Waals surface area contributed by atoms with Crippen LogP contribution in [0, 0.1) is 12.7 Å². The lowest BCUT2D eigenvalue weighted by atomic mass is 10.1. The smallest absolute Gasteiger partial charge is 0.211 e. The topological polar surface area (TPSA) is 59.4 Å². The van der Waals surface area contributed by atoms with Crippen molar-refractivity contribution in [3.63, 3.8) is 0 Å². The number of anilines is 1. The molecule has 1 fully saturated rings. The third-order valence-electron chi connectivity index (χ3n) is 5.90. The molecule has 0 aliphatic carbocycles. The standard InChI is InChI=1S/C24H27FN2O3S/c1-3-11-27-16-23(31(29,30)18-9-7-17(2)8-10-18)24(28)19-14-20(25)22(15-21(19)27)26-12-5-4-6-13-26/h7-10,14-16H,3-6,11-13H2,1-2H3. The van der Waals surface area contributed by atoms with Crippen LogP contribution in [0.1, 0.15) is 38.2 Å². The van der Waals surface area contributed by atoms with Gasteiger partial charge in [-0.25, -0.2) is 12.8 Å². The highest BCUT2D eigenvalue weighted by Crippen LogP contribution is 2.29. The average Bonchev–Trinajstić information content (AvgIpc) is 2.76. The van der Waals surface area contributed by atoms with Gasteiger partial charge in [0.25, 0.3) is 0 Å². The van der Waals surface area contributed by atoms with Crippen LogP contribution >= 0.6 is 0 Å². The van der Waals surface area contributed by atoms with Crippen LogP contribution in [-0.4, -0.2) is 26.1 Å². The van der Waals surface area contributed by atoms with E-state index >= 15 is 4.39 Å². The van der Waals surface area contributed by atoms with E-state index in [9.17, 15) is 13.2 Å². The fourth-order valence-electron chi connectivity index (χ4n) is 4.21. The van der Waals surface area contributed by atoms with Gasteiger partial charge in [-0.3, -0.25) is 4.79 Å². The second kappa shape index (κ2) is 8.46. The van der Waals surface area contributed by atoms with Crippen molar-refractivity contribution in [1.29, 1.82) is 0 Å². The van der Waals surface area contributed by atoms with Crippen LogP contribution in [0.2, 0.25) is 0 Å². The molecule has 1 aliphatic rings. The van der Waals surface area contributed by atoms with Crippen LogP contribution in [0.3, 0.4) is 0 Å². The van der Waals surface area contributed by atoms with Crippen molar-refractivity contribution in [3.05, 3.63) is 64.2 Å². The fraction of sp³-hybridized carbons (Fsp3) is 0.375. The van der Waals surface area contributed by atoms with Crippen LogP contribution in [0.15, 0.2) is 57.2 Å². The number of sulfone groups is 1. The number of pyridine rings is 1. The Labute approximate surface area is 182 Å². The molecule has 1 saturated heterocycles. The summed E-state index contributed by atoms with van der Waals surface area (Å²) in [7, 11) is -4.03. The van der Waals surface area contributed by atoms with Crippen LogP contribution < -0.4 is 10.3 Å². The molecule has 0 amide bonds. The van der Waals surface area contributed by atoms with Crippen LogP contribution in [0.25, 0.3) is 10.9 Å². The van der Waals surface area contributed by atoms with E-state index in [2.05, 4.69) is 0 Å². The van der Waals surface area contributed by atoms with E-state index in [0.29, 0.717) is 17.7 Å². The maximum atomic E-state index is 15.1. The van der Waals surface area contributed by atoms with E-state index < -0.39 is 21.1 Å². The number of hydrogen-bond donors (Lipinski definition) is 0. The Balaban J connectivity index is 1.93. The Morgan fingerprint density at radius 3 is 2.35 bits per heavy atom. The monoisotopic (exact) mass is 442 g/mol. The summed E-state index contributed by atoms with van der Waals surface area (Å²) in [6.45, 7) is 5.93. The molecule has 31 heavy (non-hydrogen) atoms. The molecule has 5 nitrogen and oxygen atoms in total. The maximum absolute atomic E-state index is 15.1. The average molecular weight is 443 g/mol. The van der Waals surface area contributed by atoms with Gasteiger partial charge in [-0.15, -0.1) is 0 Å². The first-order valence-electron chi connectivity index (χ1n) is 10.8. The Kier molecular flexibility index (Phi) is 5.88. The van der Waals surface area contributed by atoms with Crippen molar-refractivity contribution in [2.24, 2.45) is 0 Å². The zero-order valence-corrected chi connectivity index (χ0v) is 18.7. The third kappa shape index (κ3) is 3.99. The van der Waals surface area contributed by atoms with E-state index in [1.807, 2.05) is 18.7 Å². The SMILES string of the molecule is CCCn1cc(S(=O)(=O)c2ccc(C)cc2)c(=O)c2cc(F)c(N3CCCCC3)cc21. The van der Waals surface area contributed by atoms with Gasteiger partial charge in [0.15, 0.2) is 0 Å². The summed E-state index contributed by atoms with van der Waals surface area (Å²) in [5.41, 5.74) is 1.31. The largest absolute Gasteiger partial charge is 0.369 e. The lowest BCUT2D eigenvalue weighted by Crippen LogP contribution is -2.30. The highest BCUT2D eigenvalue weighted by Gasteiger charge is 2.25. The number of halogens is 1. The third-order valence-corrected chi connectivity index (χ3v) is 7.66. The molecular weight excluding hydrogens is 415 g/mol. The molecule has 164 valence electrons. The summed E-state index contributed by atoms with van der Waals surface area (Å²) in [5, 5.41) is 0.0971. The summed E-state index contributed by atoms with van der Waals surface area (Å²) in [5.74, 6) is -0.487. The van der Waals surface area contributed by atoms with Crippen molar-refractivity contribution in [2.45, 2.75) is 55.9 Å². The van der Waals surface area contributed by atoms with Gasteiger partial charge in [-0.1, -0.05) is 24.6 Å². The first kappa shape index (κ1) is 21.6. The summed E-state index contributed by atoms with van der Waals surface area (Å²) in [6, 6.07) is 9.31. The number of rotatable bonds is 5. The Bertz CT molecular complexity index is 1270. The molecule has 0 bridgehead atoms.